The summed E-state index contributed by atoms with van der Waals surface area (Å²) in [7, 11) is 1.73. The lowest BCUT2D eigenvalue weighted by molar-refractivity contribution is 0.0183. The molecule has 0 amide bonds. The van der Waals surface area contributed by atoms with Crippen LogP contribution in [0.25, 0.3) is 10.9 Å². The van der Waals surface area contributed by atoms with Crippen LogP contribution in [0.4, 0.5) is 0 Å². The van der Waals surface area contributed by atoms with Crippen LogP contribution in [0.3, 0.4) is 0 Å². The number of piperidine rings is 3. The summed E-state index contributed by atoms with van der Waals surface area (Å²) >= 11 is 1.99. The van der Waals surface area contributed by atoms with Gasteiger partial charge in [-0.2, -0.15) is 0 Å². The van der Waals surface area contributed by atoms with Gasteiger partial charge in [0.25, 0.3) is 0 Å². The maximum atomic E-state index is 5.54. The molecule has 0 N–H and O–H groups in total. The topological polar surface area (TPSA) is 25.4 Å². The number of hydrogen-bond donors (Lipinski definition) is 0. The first-order valence-electron chi connectivity index (χ1n) is 10.8. The van der Waals surface area contributed by atoms with Crippen molar-refractivity contribution < 1.29 is 4.74 Å². The zero-order valence-corrected chi connectivity index (χ0v) is 18.2. The molecule has 3 aliphatic heterocycles. The van der Waals surface area contributed by atoms with E-state index in [2.05, 4.69) is 71.1 Å². The molecule has 30 heavy (non-hydrogen) atoms. The number of thioether (sulfide) groups is 1. The molecular weight excluding hydrogens is 388 g/mol. The average Bonchev–Trinajstić information content (AvgIpc) is 2.82. The van der Waals surface area contributed by atoms with Crippen molar-refractivity contribution in [3.63, 3.8) is 0 Å². The molecule has 3 aromatic rings. The first-order valence-corrected chi connectivity index (χ1v) is 11.7. The van der Waals surface area contributed by atoms with Crippen LogP contribution in [0.15, 0.2) is 78.3 Å². The number of ether oxygens (including phenoxy) is 1. The van der Waals surface area contributed by atoms with Crippen molar-refractivity contribution in [2.45, 2.75) is 29.0 Å². The smallest absolute Gasteiger partial charge is 0.119 e. The van der Waals surface area contributed by atoms with Gasteiger partial charge in [0.15, 0.2) is 0 Å². The minimum atomic E-state index is 0.346. The normalized spacial score (nSPS) is 26.4. The van der Waals surface area contributed by atoms with Crippen molar-refractivity contribution in [1.82, 2.24) is 9.88 Å². The number of nitrogens with zero attached hydrogens (tertiary/aromatic N) is 2. The van der Waals surface area contributed by atoms with Crippen LogP contribution in [0, 0.1) is 11.8 Å². The number of pyridine rings is 1. The van der Waals surface area contributed by atoms with Crippen molar-refractivity contribution in [3.8, 4) is 5.75 Å². The van der Waals surface area contributed by atoms with Gasteiger partial charge in [0.2, 0.25) is 0 Å². The molecule has 2 bridgehead atoms. The van der Waals surface area contributed by atoms with E-state index in [4.69, 9.17) is 4.74 Å². The fraction of sp³-hybridized carbons (Fsp3) is 0.346. The van der Waals surface area contributed by atoms with E-state index in [0.29, 0.717) is 17.2 Å². The fourth-order valence-corrected chi connectivity index (χ4v) is 6.59. The van der Waals surface area contributed by atoms with Gasteiger partial charge in [-0.1, -0.05) is 24.3 Å². The highest BCUT2D eigenvalue weighted by Gasteiger charge is 2.43. The van der Waals surface area contributed by atoms with E-state index in [9.17, 15) is 0 Å². The van der Waals surface area contributed by atoms with Crippen LogP contribution in [0.5, 0.6) is 5.75 Å². The average molecular weight is 417 g/mol. The Kier molecular flexibility index (Phi) is 5.53. The Morgan fingerprint density at radius 1 is 1.20 bits per heavy atom. The summed E-state index contributed by atoms with van der Waals surface area (Å²) in [5, 5.41) is 1.55. The van der Waals surface area contributed by atoms with Gasteiger partial charge in [-0.25, -0.2) is 0 Å². The summed E-state index contributed by atoms with van der Waals surface area (Å²) in [6.07, 6.45) is 6.67. The van der Waals surface area contributed by atoms with Gasteiger partial charge < -0.3 is 4.74 Å². The van der Waals surface area contributed by atoms with Crippen molar-refractivity contribution in [2.24, 2.45) is 11.8 Å². The molecule has 154 valence electrons. The Labute approximate surface area is 183 Å². The van der Waals surface area contributed by atoms with Crippen molar-refractivity contribution in [1.29, 1.82) is 0 Å². The van der Waals surface area contributed by atoms with Crippen LogP contribution in [-0.4, -0.2) is 36.1 Å². The van der Waals surface area contributed by atoms with Crippen LogP contribution in [-0.2, 0) is 0 Å². The number of methoxy groups -OCH3 is 1. The molecule has 1 unspecified atom stereocenters. The van der Waals surface area contributed by atoms with E-state index in [1.807, 2.05) is 24.0 Å². The zero-order chi connectivity index (χ0) is 20.5. The summed E-state index contributed by atoms with van der Waals surface area (Å²) < 4.78 is 5.54. The first-order chi connectivity index (χ1) is 14.8. The second kappa shape index (κ2) is 8.44. The molecule has 1 aromatic heterocycles. The third-order valence-corrected chi connectivity index (χ3v) is 8.16. The Morgan fingerprint density at radius 2 is 2.07 bits per heavy atom. The minimum Gasteiger partial charge on any atom is -0.497 e. The summed E-state index contributed by atoms with van der Waals surface area (Å²) in [5.74, 6) is 2.27. The van der Waals surface area contributed by atoms with E-state index in [1.54, 1.807) is 7.11 Å². The lowest BCUT2D eigenvalue weighted by Gasteiger charge is -2.51. The van der Waals surface area contributed by atoms with E-state index in [1.165, 1.54) is 35.2 Å². The molecule has 4 heterocycles. The lowest BCUT2D eigenvalue weighted by atomic mass is 9.74. The standard InChI is InChI=1S/C26H28N2OS/c1-3-18-17-28-14-12-19(18)15-25(28)26(30-21-7-5-4-6-8-21)22-11-13-27-24-10-9-20(29-2)16-23(22)24/h3-11,13,16,18-19,25-26H,1,12,14-15,17H2,2H3/t18-,19-,25-,26-/m0/s1. The minimum absolute atomic E-state index is 0.346. The summed E-state index contributed by atoms with van der Waals surface area (Å²) in [6, 6.07) is 19.8. The van der Waals surface area contributed by atoms with Crippen LogP contribution in [0.1, 0.15) is 23.7 Å². The molecule has 5 atom stereocenters. The number of rotatable bonds is 6. The molecule has 3 fully saturated rings. The summed E-state index contributed by atoms with van der Waals surface area (Å²) in [4.78, 5) is 8.66. The molecule has 3 aliphatic rings. The molecule has 2 aromatic carbocycles. The van der Waals surface area contributed by atoms with Gasteiger partial charge in [-0.15, -0.1) is 18.3 Å². The molecule has 0 saturated carbocycles. The van der Waals surface area contributed by atoms with Crippen molar-refractivity contribution in [3.05, 3.63) is 79.0 Å². The highest BCUT2D eigenvalue weighted by molar-refractivity contribution is 7.99. The maximum Gasteiger partial charge on any atom is 0.119 e. The molecule has 3 nitrogen and oxygen atoms in total. The molecule has 4 heteroatoms. The first kappa shape index (κ1) is 19.7. The summed E-state index contributed by atoms with van der Waals surface area (Å²) in [5.41, 5.74) is 2.40. The summed E-state index contributed by atoms with van der Waals surface area (Å²) in [6.45, 7) is 6.43. The van der Waals surface area contributed by atoms with E-state index in [0.717, 1.165) is 23.7 Å². The number of aromatic nitrogens is 1. The third kappa shape index (κ3) is 3.63. The Morgan fingerprint density at radius 3 is 2.80 bits per heavy atom. The zero-order valence-electron chi connectivity index (χ0n) is 17.4. The maximum absolute atomic E-state index is 5.54. The number of hydrogen-bond acceptors (Lipinski definition) is 4. The largest absolute Gasteiger partial charge is 0.497 e. The highest BCUT2D eigenvalue weighted by Crippen LogP contribution is 2.49. The Balaban J connectivity index is 1.59. The van der Waals surface area contributed by atoms with Crippen molar-refractivity contribution >= 4 is 22.7 Å². The quantitative estimate of drug-likeness (QED) is 0.365. The Bertz CT molecular complexity index is 1040. The molecule has 0 radical (unpaired) electrons. The van der Waals surface area contributed by atoms with Gasteiger partial charge in [-0.05, 0) is 73.2 Å². The van der Waals surface area contributed by atoms with E-state index in [-0.39, 0.29) is 0 Å². The molecule has 0 spiro atoms. The van der Waals surface area contributed by atoms with Gasteiger partial charge in [0, 0.05) is 29.1 Å². The lowest BCUT2D eigenvalue weighted by Crippen LogP contribution is -2.54. The number of fused-ring (bicyclic) bond motifs is 4. The van der Waals surface area contributed by atoms with Gasteiger partial charge in [0.05, 0.1) is 17.9 Å². The van der Waals surface area contributed by atoms with Crippen LogP contribution in [0.2, 0.25) is 0 Å². The van der Waals surface area contributed by atoms with Crippen LogP contribution >= 0.6 is 11.8 Å². The molecule has 3 saturated heterocycles. The van der Waals surface area contributed by atoms with E-state index >= 15 is 0 Å². The second-order valence-corrected chi connectivity index (χ2v) is 9.60. The highest BCUT2D eigenvalue weighted by atomic mass is 32.2. The number of benzene rings is 2. The third-order valence-electron chi connectivity index (χ3n) is 6.80. The van der Waals surface area contributed by atoms with Gasteiger partial charge in [-0.3, -0.25) is 9.88 Å². The predicted octanol–water partition coefficient (Wildman–Crippen LogP) is 5.97. The van der Waals surface area contributed by atoms with Crippen molar-refractivity contribution in [2.75, 3.05) is 20.2 Å². The van der Waals surface area contributed by atoms with Gasteiger partial charge in [0.1, 0.15) is 5.75 Å². The monoisotopic (exact) mass is 416 g/mol. The SMILES string of the molecule is C=C[C@H]1CN2CC[C@H]1C[C@H]2[C@@H](Sc1ccccc1)c1ccnc2ccc(OC)cc12. The van der Waals surface area contributed by atoms with Crippen LogP contribution < -0.4 is 4.74 Å². The molecule has 0 aliphatic carbocycles. The fourth-order valence-electron chi connectivity index (χ4n) is 5.21. The predicted molar refractivity (Wildman–Crippen MR) is 125 cm³/mol. The molecular formula is C26H28N2OS. The Hall–Kier alpha value is -2.30. The van der Waals surface area contributed by atoms with E-state index < -0.39 is 0 Å². The molecule has 6 rings (SSSR count). The van der Waals surface area contributed by atoms with Gasteiger partial charge >= 0.3 is 0 Å². The second-order valence-electron chi connectivity index (χ2n) is 8.38.